The van der Waals surface area contributed by atoms with Crippen molar-refractivity contribution in [1.29, 1.82) is 0 Å². The van der Waals surface area contributed by atoms with Gasteiger partial charge in [0.15, 0.2) is 5.82 Å². The van der Waals surface area contributed by atoms with Crippen molar-refractivity contribution in [3.05, 3.63) is 47.9 Å². The van der Waals surface area contributed by atoms with E-state index >= 15 is 0 Å². The Labute approximate surface area is 110 Å². The van der Waals surface area contributed by atoms with Crippen LogP contribution in [0.25, 0.3) is 0 Å². The number of nitrogens with two attached hydrogens (primary N) is 1. The standard InChI is InChI=1S/C12H12FN3O2S/c1-8-4-5-9(13)7-11(8)19(17,18)16-12-10(14)3-2-6-15-12/h2-7H,14H2,1H3,(H,15,16). The number of pyridine rings is 1. The molecular weight excluding hydrogens is 269 g/mol. The Morgan fingerprint density at radius 2 is 2.05 bits per heavy atom. The second-order valence-corrected chi connectivity index (χ2v) is 5.61. The quantitative estimate of drug-likeness (QED) is 0.900. The third-order valence-corrected chi connectivity index (χ3v) is 3.99. The molecule has 0 aliphatic rings. The van der Waals surface area contributed by atoms with E-state index in [4.69, 9.17) is 5.73 Å². The molecule has 0 spiro atoms. The molecule has 19 heavy (non-hydrogen) atoms. The van der Waals surface area contributed by atoms with Gasteiger partial charge in [-0.25, -0.2) is 17.8 Å². The third-order valence-electron chi connectivity index (χ3n) is 2.51. The molecule has 2 rings (SSSR count). The fourth-order valence-electron chi connectivity index (χ4n) is 1.55. The molecule has 0 unspecified atom stereocenters. The Morgan fingerprint density at radius 3 is 2.74 bits per heavy atom. The highest BCUT2D eigenvalue weighted by Gasteiger charge is 2.19. The monoisotopic (exact) mass is 281 g/mol. The number of benzene rings is 1. The number of nitrogens with one attached hydrogen (secondary N) is 1. The first-order valence-corrected chi connectivity index (χ1v) is 6.88. The molecule has 1 aromatic heterocycles. The van der Waals surface area contributed by atoms with Gasteiger partial charge in [-0.15, -0.1) is 0 Å². The largest absolute Gasteiger partial charge is 0.396 e. The Morgan fingerprint density at radius 1 is 1.32 bits per heavy atom. The van der Waals surface area contributed by atoms with Crippen molar-refractivity contribution < 1.29 is 12.8 Å². The number of aromatic nitrogens is 1. The van der Waals surface area contributed by atoms with Gasteiger partial charge >= 0.3 is 0 Å². The summed E-state index contributed by atoms with van der Waals surface area (Å²) in [7, 11) is -3.92. The number of sulfonamides is 1. The fraction of sp³-hybridized carbons (Fsp3) is 0.0833. The highest BCUT2D eigenvalue weighted by atomic mass is 32.2. The van der Waals surface area contributed by atoms with Crippen LogP contribution < -0.4 is 10.5 Å². The van der Waals surface area contributed by atoms with Crippen molar-refractivity contribution in [3.63, 3.8) is 0 Å². The maximum Gasteiger partial charge on any atom is 0.263 e. The molecule has 0 aliphatic heterocycles. The van der Waals surface area contributed by atoms with Gasteiger partial charge in [0, 0.05) is 6.20 Å². The first-order chi connectivity index (χ1) is 8.90. The summed E-state index contributed by atoms with van der Waals surface area (Å²) in [6.45, 7) is 1.58. The van der Waals surface area contributed by atoms with Gasteiger partial charge < -0.3 is 5.73 Å². The number of rotatable bonds is 3. The van der Waals surface area contributed by atoms with E-state index in [9.17, 15) is 12.8 Å². The van der Waals surface area contributed by atoms with Gasteiger partial charge in [0.05, 0.1) is 10.6 Å². The third kappa shape index (κ3) is 2.82. The normalized spacial score (nSPS) is 11.3. The Kier molecular flexibility index (Phi) is 3.39. The minimum Gasteiger partial charge on any atom is -0.396 e. The summed E-state index contributed by atoms with van der Waals surface area (Å²) in [6.07, 6.45) is 1.41. The average Bonchev–Trinajstić information content (AvgIpc) is 2.35. The van der Waals surface area contributed by atoms with Gasteiger partial charge in [0.25, 0.3) is 10.0 Å². The Hall–Kier alpha value is -2.15. The minimum atomic E-state index is -3.92. The summed E-state index contributed by atoms with van der Waals surface area (Å²) in [5.74, 6) is -0.605. The lowest BCUT2D eigenvalue weighted by Gasteiger charge is -2.11. The van der Waals surface area contributed by atoms with Crippen molar-refractivity contribution in [2.75, 3.05) is 10.5 Å². The molecule has 5 nitrogen and oxygen atoms in total. The molecule has 0 radical (unpaired) electrons. The van der Waals surface area contributed by atoms with Crippen LogP contribution in [0.3, 0.4) is 0 Å². The molecule has 0 atom stereocenters. The molecule has 1 aromatic carbocycles. The van der Waals surface area contributed by atoms with Crippen LogP contribution in [0.2, 0.25) is 0 Å². The van der Waals surface area contributed by atoms with E-state index in [0.29, 0.717) is 5.56 Å². The number of nitrogen functional groups attached to an aromatic ring is 1. The topological polar surface area (TPSA) is 85.1 Å². The summed E-state index contributed by atoms with van der Waals surface area (Å²) in [5.41, 5.74) is 6.24. The zero-order chi connectivity index (χ0) is 14.0. The van der Waals surface area contributed by atoms with Crippen LogP contribution in [-0.2, 0) is 10.0 Å². The van der Waals surface area contributed by atoms with Crippen LogP contribution in [0.5, 0.6) is 0 Å². The molecule has 0 saturated heterocycles. The molecule has 7 heteroatoms. The van der Waals surface area contributed by atoms with Gasteiger partial charge in [0.1, 0.15) is 5.82 Å². The van der Waals surface area contributed by atoms with Crippen LogP contribution in [0.15, 0.2) is 41.4 Å². The lowest BCUT2D eigenvalue weighted by molar-refractivity contribution is 0.594. The summed E-state index contributed by atoms with van der Waals surface area (Å²) < 4.78 is 39.7. The minimum absolute atomic E-state index is 0.0196. The van der Waals surface area contributed by atoms with E-state index in [-0.39, 0.29) is 16.4 Å². The van der Waals surface area contributed by atoms with Gasteiger partial charge in [-0.05, 0) is 36.8 Å². The van der Waals surface area contributed by atoms with Crippen molar-refractivity contribution in [2.24, 2.45) is 0 Å². The number of hydrogen-bond acceptors (Lipinski definition) is 4. The van der Waals surface area contributed by atoms with E-state index in [2.05, 4.69) is 9.71 Å². The highest BCUT2D eigenvalue weighted by molar-refractivity contribution is 7.92. The fourth-order valence-corrected chi connectivity index (χ4v) is 2.84. The first-order valence-electron chi connectivity index (χ1n) is 5.39. The van der Waals surface area contributed by atoms with Crippen LogP contribution in [-0.4, -0.2) is 13.4 Å². The second kappa shape index (κ2) is 4.85. The maximum absolute atomic E-state index is 13.2. The zero-order valence-corrected chi connectivity index (χ0v) is 10.9. The number of halogens is 1. The molecule has 3 N–H and O–H groups in total. The zero-order valence-electron chi connectivity index (χ0n) is 10.1. The number of aryl methyl sites for hydroxylation is 1. The van der Waals surface area contributed by atoms with Crippen molar-refractivity contribution in [1.82, 2.24) is 4.98 Å². The van der Waals surface area contributed by atoms with Crippen LogP contribution in [0, 0.1) is 12.7 Å². The molecular formula is C12H12FN3O2S. The Bertz CT molecular complexity index is 717. The molecule has 0 saturated carbocycles. The predicted octanol–water partition coefficient (Wildman–Crippen LogP) is 1.91. The van der Waals surface area contributed by atoms with Gasteiger partial charge in [-0.2, -0.15) is 0 Å². The molecule has 0 aliphatic carbocycles. The molecule has 0 bridgehead atoms. The first kappa shape index (κ1) is 13.3. The lowest BCUT2D eigenvalue weighted by Crippen LogP contribution is -2.16. The SMILES string of the molecule is Cc1ccc(F)cc1S(=O)(=O)Nc1ncccc1N. The summed E-state index contributed by atoms with van der Waals surface area (Å²) >= 11 is 0. The van der Waals surface area contributed by atoms with Crippen molar-refractivity contribution >= 4 is 21.5 Å². The Balaban J connectivity index is 2.44. The summed E-state index contributed by atoms with van der Waals surface area (Å²) in [4.78, 5) is 3.69. The molecule has 1 heterocycles. The number of hydrogen-bond donors (Lipinski definition) is 2. The van der Waals surface area contributed by atoms with Gasteiger partial charge in [0.2, 0.25) is 0 Å². The van der Waals surface area contributed by atoms with E-state index in [1.807, 2.05) is 0 Å². The van der Waals surface area contributed by atoms with Gasteiger partial charge in [-0.1, -0.05) is 6.07 Å². The lowest BCUT2D eigenvalue weighted by atomic mass is 10.2. The summed E-state index contributed by atoms with van der Waals surface area (Å²) in [6, 6.07) is 6.65. The smallest absolute Gasteiger partial charge is 0.263 e. The van der Waals surface area contributed by atoms with E-state index < -0.39 is 15.8 Å². The van der Waals surface area contributed by atoms with Gasteiger partial charge in [-0.3, -0.25) is 4.72 Å². The molecule has 0 amide bonds. The van der Waals surface area contributed by atoms with Crippen molar-refractivity contribution in [3.8, 4) is 0 Å². The van der Waals surface area contributed by atoms with Crippen LogP contribution in [0.4, 0.5) is 15.9 Å². The highest BCUT2D eigenvalue weighted by Crippen LogP contribution is 2.22. The molecule has 2 aromatic rings. The second-order valence-electron chi connectivity index (χ2n) is 3.96. The predicted molar refractivity (Wildman–Crippen MR) is 70.6 cm³/mol. The van der Waals surface area contributed by atoms with E-state index in [0.717, 1.165) is 6.07 Å². The van der Waals surface area contributed by atoms with E-state index in [1.165, 1.54) is 24.4 Å². The maximum atomic E-state index is 13.2. The van der Waals surface area contributed by atoms with Crippen molar-refractivity contribution in [2.45, 2.75) is 11.8 Å². The average molecular weight is 281 g/mol. The number of nitrogens with zero attached hydrogens (tertiary/aromatic N) is 1. The van der Waals surface area contributed by atoms with Crippen LogP contribution in [0.1, 0.15) is 5.56 Å². The van der Waals surface area contributed by atoms with E-state index in [1.54, 1.807) is 13.0 Å². The van der Waals surface area contributed by atoms with Crippen LogP contribution >= 0.6 is 0 Å². The number of anilines is 2. The molecule has 100 valence electrons. The molecule has 0 fully saturated rings. The summed E-state index contributed by atoms with van der Waals surface area (Å²) in [5, 5.41) is 0.